The minimum absolute atomic E-state index is 1.16. The fourth-order valence-corrected chi connectivity index (χ4v) is 6.91. The van der Waals surface area contributed by atoms with Crippen molar-refractivity contribution in [3.8, 4) is 0 Å². The van der Waals surface area contributed by atoms with E-state index in [9.17, 15) is 0 Å². The Morgan fingerprint density at radius 3 is 0.609 bits per heavy atom. The van der Waals surface area contributed by atoms with Gasteiger partial charge in [0, 0.05) is 13.1 Å². The number of rotatable bonds is 40. The van der Waals surface area contributed by atoms with Gasteiger partial charge in [-0.1, -0.05) is 220 Å². The van der Waals surface area contributed by atoms with Gasteiger partial charge in [-0.3, -0.25) is 9.80 Å². The van der Waals surface area contributed by atoms with E-state index in [-0.39, 0.29) is 0 Å². The first-order chi connectivity index (χ1) is 22.8. The van der Waals surface area contributed by atoms with E-state index in [2.05, 4.69) is 49.6 Å². The highest BCUT2D eigenvalue weighted by atomic mass is 15.1. The van der Waals surface area contributed by atoms with Crippen LogP contribution in [-0.4, -0.2) is 49.1 Å². The Bertz CT molecular complexity index is 470. The molecule has 0 rings (SSSR count). The number of nitrogens with zero attached hydrogens (tertiary/aromatic N) is 2. The zero-order valence-corrected chi connectivity index (χ0v) is 32.9. The highest BCUT2D eigenvalue weighted by molar-refractivity contribution is 4.88. The normalized spacial score (nSPS) is 12.0. The van der Waals surface area contributed by atoms with Crippen molar-refractivity contribution in [2.45, 2.75) is 233 Å². The molecule has 0 aliphatic rings. The van der Waals surface area contributed by atoms with Gasteiger partial charge in [-0.2, -0.15) is 0 Å². The van der Waals surface area contributed by atoms with Crippen LogP contribution in [0.5, 0.6) is 0 Å². The maximum atomic E-state index is 2.78. The number of unbranched alkanes of at least 4 members (excludes halogenated alkanes) is 28. The summed E-state index contributed by atoms with van der Waals surface area (Å²) in [5, 5.41) is 0. The lowest BCUT2D eigenvalue weighted by molar-refractivity contribution is 0.279. The first-order valence-electron chi connectivity index (χ1n) is 21.9. The molecular weight excluding hydrogens is 556 g/mol. The molecule has 0 spiro atoms. The second-order valence-corrected chi connectivity index (χ2v) is 15.0. The second kappa shape index (κ2) is 40.8. The predicted octanol–water partition coefficient (Wildman–Crippen LogP) is 14.7. The average molecular weight is 647 g/mol. The third-order valence-corrected chi connectivity index (χ3v) is 10.2. The second-order valence-electron chi connectivity index (χ2n) is 15.0. The third-order valence-electron chi connectivity index (χ3n) is 10.2. The summed E-state index contributed by atoms with van der Waals surface area (Å²) in [7, 11) is 0. The maximum absolute atomic E-state index is 2.78. The molecule has 0 radical (unpaired) electrons. The zero-order chi connectivity index (χ0) is 33.4. The lowest BCUT2D eigenvalue weighted by Crippen LogP contribution is -2.28. The van der Waals surface area contributed by atoms with E-state index in [0.29, 0.717) is 0 Å². The molecule has 0 aliphatic carbocycles. The van der Waals surface area contributed by atoms with E-state index < -0.39 is 0 Å². The largest absolute Gasteiger partial charge is 0.300 e. The topological polar surface area (TPSA) is 6.48 Å². The SMILES string of the molecule is CCCCCCCCCCN(C/C=C/CN(CCCCCCCCCC)CCCCCCCCCC)CCCCCCCCCC. The molecule has 0 saturated carbocycles. The molecule has 276 valence electrons. The van der Waals surface area contributed by atoms with Crippen LogP contribution in [0.2, 0.25) is 0 Å². The van der Waals surface area contributed by atoms with E-state index in [1.807, 2.05) is 0 Å². The fraction of sp³-hybridized carbons (Fsp3) is 0.955. The van der Waals surface area contributed by atoms with E-state index in [4.69, 9.17) is 0 Å². The highest BCUT2D eigenvalue weighted by Crippen LogP contribution is 2.13. The van der Waals surface area contributed by atoms with Crippen molar-refractivity contribution in [1.82, 2.24) is 9.80 Å². The summed E-state index contributed by atoms with van der Waals surface area (Å²) in [6.45, 7) is 16.8. The van der Waals surface area contributed by atoms with Crippen LogP contribution in [-0.2, 0) is 0 Å². The first kappa shape index (κ1) is 45.7. The first-order valence-corrected chi connectivity index (χ1v) is 21.9. The van der Waals surface area contributed by atoms with Gasteiger partial charge in [0.25, 0.3) is 0 Å². The Kier molecular flexibility index (Phi) is 40.5. The average Bonchev–Trinajstić information content (AvgIpc) is 3.07. The summed E-state index contributed by atoms with van der Waals surface area (Å²) in [5.41, 5.74) is 0. The van der Waals surface area contributed by atoms with Crippen molar-refractivity contribution in [1.29, 1.82) is 0 Å². The minimum atomic E-state index is 1.16. The quantitative estimate of drug-likeness (QED) is 0.0483. The molecule has 0 fully saturated rings. The number of hydrogen-bond donors (Lipinski definition) is 0. The molecule has 0 atom stereocenters. The molecule has 2 heteroatoms. The summed E-state index contributed by atoms with van der Waals surface area (Å²) >= 11 is 0. The van der Waals surface area contributed by atoms with E-state index in [0.717, 1.165) is 13.1 Å². The van der Waals surface area contributed by atoms with Gasteiger partial charge in [-0.25, -0.2) is 0 Å². The Labute approximate surface area is 293 Å². The summed E-state index contributed by atoms with van der Waals surface area (Å²) in [6.07, 6.45) is 50.6. The molecule has 0 N–H and O–H groups in total. The summed E-state index contributed by atoms with van der Waals surface area (Å²) in [5.74, 6) is 0. The maximum Gasteiger partial charge on any atom is 0.0163 e. The van der Waals surface area contributed by atoms with E-state index in [1.54, 1.807) is 0 Å². The van der Waals surface area contributed by atoms with Gasteiger partial charge < -0.3 is 0 Å². The number of hydrogen-bond acceptors (Lipinski definition) is 2. The molecule has 0 aliphatic heterocycles. The van der Waals surface area contributed by atoms with Crippen molar-refractivity contribution in [2.75, 3.05) is 39.3 Å². The van der Waals surface area contributed by atoms with E-state index >= 15 is 0 Å². The van der Waals surface area contributed by atoms with Crippen molar-refractivity contribution < 1.29 is 0 Å². The zero-order valence-electron chi connectivity index (χ0n) is 32.9. The van der Waals surface area contributed by atoms with Crippen LogP contribution >= 0.6 is 0 Å². The Hall–Kier alpha value is -0.340. The minimum Gasteiger partial charge on any atom is -0.300 e. The summed E-state index contributed by atoms with van der Waals surface area (Å²) < 4.78 is 0. The molecule has 0 saturated heterocycles. The Morgan fingerprint density at radius 1 is 0.239 bits per heavy atom. The standard InChI is InChI=1S/C44H90N2/c1-5-9-13-17-21-25-29-33-39-45(40-34-30-26-22-18-14-10-6-2)43-37-38-44-46(41-35-31-27-23-19-15-11-7-3)42-36-32-28-24-20-16-12-8-4/h37-38H,5-36,39-44H2,1-4H3/b38-37+. The molecule has 0 aromatic heterocycles. The Balaban J connectivity index is 4.61. The van der Waals surface area contributed by atoms with Gasteiger partial charge in [0.1, 0.15) is 0 Å². The molecule has 0 unspecified atom stereocenters. The van der Waals surface area contributed by atoms with Crippen LogP contribution in [0.1, 0.15) is 233 Å². The van der Waals surface area contributed by atoms with Gasteiger partial charge in [-0.15, -0.1) is 0 Å². The van der Waals surface area contributed by atoms with Crippen molar-refractivity contribution >= 4 is 0 Å². The highest BCUT2D eigenvalue weighted by Gasteiger charge is 2.06. The monoisotopic (exact) mass is 647 g/mol. The molecule has 2 nitrogen and oxygen atoms in total. The van der Waals surface area contributed by atoms with Gasteiger partial charge in [-0.05, 0) is 51.9 Å². The van der Waals surface area contributed by atoms with Gasteiger partial charge in [0.2, 0.25) is 0 Å². The van der Waals surface area contributed by atoms with Crippen molar-refractivity contribution in [3.05, 3.63) is 12.2 Å². The molecule has 0 bridgehead atoms. The Morgan fingerprint density at radius 2 is 0.413 bits per heavy atom. The molecule has 0 amide bonds. The van der Waals surface area contributed by atoms with Gasteiger partial charge >= 0.3 is 0 Å². The molecule has 0 aromatic carbocycles. The van der Waals surface area contributed by atoms with Crippen LogP contribution < -0.4 is 0 Å². The fourth-order valence-electron chi connectivity index (χ4n) is 6.91. The van der Waals surface area contributed by atoms with Crippen LogP contribution in [0.3, 0.4) is 0 Å². The molecular formula is C44H90N2. The van der Waals surface area contributed by atoms with E-state index in [1.165, 1.54) is 232 Å². The van der Waals surface area contributed by atoms with Crippen LogP contribution in [0.4, 0.5) is 0 Å². The van der Waals surface area contributed by atoms with Crippen molar-refractivity contribution in [3.63, 3.8) is 0 Å². The third kappa shape index (κ3) is 36.5. The summed E-state index contributed by atoms with van der Waals surface area (Å²) in [4.78, 5) is 5.57. The molecule has 0 heterocycles. The molecule has 46 heavy (non-hydrogen) atoms. The smallest absolute Gasteiger partial charge is 0.0163 e. The van der Waals surface area contributed by atoms with Crippen LogP contribution in [0.15, 0.2) is 12.2 Å². The van der Waals surface area contributed by atoms with Gasteiger partial charge in [0.05, 0.1) is 0 Å². The van der Waals surface area contributed by atoms with Crippen molar-refractivity contribution in [2.24, 2.45) is 0 Å². The van der Waals surface area contributed by atoms with Crippen LogP contribution in [0, 0.1) is 0 Å². The molecule has 0 aromatic rings. The predicted molar refractivity (Wildman–Crippen MR) is 212 cm³/mol. The van der Waals surface area contributed by atoms with Crippen LogP contribution in [0.25, 0.3) is 0 Å². The lowest BCUT2D eigenvalue weighted by atomic mass is 10.1. The van der Waals surface area contributed by atoms with Gasteiger partial charge in [0.15, 0.2) is 0 Å². The summed E-state index contributed by atoms with van der Waals surface area (Å²) in [6, 6.07) is 0. The lowest BCUT2D eigenvalue weighted by Gasteiger charge is -2.22.